The fourth-order valence-electron chi connectivity index (χ4n) is 0.326. The van der Waals surface area contributed by atoms with Crippen molar-refractivity contribution >= 4 is 0 Å². The van der Waals surface area contributed by atoms with E-state index in [0.29, 0.717) is 0 Å². The smallest absolute Gasteiger partial charge is 0.334 e. The highest BCUT2D eigenvalue weighted by molar-refractivity contribution is 4.68. The zero-order chi connectivity index (χ0) is 9.28. The van der Waals surface area contributed by atoms with E-state index in [9.17, 15) is 26.3 Å². The molecule has 1 nitrogen and oxygen atoms in total. The van der Waals surface area contributed by atoms with Crippen LogP contribution in [0.15, 0.2) is 0 Å². The van der Waals surface area contributed by atoms with Crippen LogP contribution in [0.1, 0.15) is 6.42 Å². The molecule has 0 aliphatic carbocycles. The molecule has 7 heteroatoms. The molecule has 68 valence electrons. The molecule has 0 spiro atoms. The van der Waals surface area contributed by atoms with Gasteiger partial charge in [-0.3, -0.25) is 0 Å². The summed E-state index contributed by atoms with van der Waals surface area (Å²) in [4.78, 5) is 0. The molecular formula is C4H4F6O. The minimum Gasteiger partial charge on any atom is -0.334 e. The molecule has 0 aliphatic heterocycles. The molecule has 0 aromatic heterocycles. The lowest BCUT2D eigenvalue weighted by molar-refractivity contribution is -0.263. The molecule has 0 heterocycles. The van der Waals surface area contributed by atoms with Gasteiger partial charge in [-0.1, -0.05) is 0 Å². The maximum Gasteiger partial charge on any atom is 0.392 e. The summed E-state index contributed by atoms with van der Waals surface area (Å²) in [5.74, 6) is 0. The highest BCUT2D eigenvalue weighted by Gasteiger charge is 2.45. The third-order valence-corrected chi connectivity index (χ3v) is 0.788. The van der Waals surface area contributed by atoms with Crippen LogP contribution in [0.5, 0.6) is 0 Å². The van der Waals surface area contributed by atoms with E-state index in [4.69, 9.17) is 5.11 Å². The zero-order valence-corrected chi connectivity index (χ0v) is 5.00. The Morgan fingerprint density at radius 1 is 1.09 bits per heavy atom. The molecule has 0 saturated heterocycles. The fraction of sp³-hybridized carbons (Fsp3) is 1.00. The SMILES string of the molecule is OC(F)(F)C(F)CC(F)(F)F. The van der Waals surface area contributed by atoms with Crippen molar-refractivity contribution in [2.45, 2.75) is 24.9 Å². The predicted octanol–water partition coefficient (Wildman–Crippen LogP) is 1.86. The first kappa shape index (κ1) is 10.5. The van der Waals surface area contributed by atoms with Gasteiger partial charge in [-0.2, -0.15) is 22.0 Å². The van der Waals surface area contributed by atoms with Gasteiger partial charge in [-0.25, -0.2) is 4.39 Å². The van der Waals surface area contributed by atoms with Gasteiger partial charge in [-0.05, 0) is 0 Å². The Morgan fingerprint density at radius 3 is 1.55 bits per heavy atom. The molecule has 0 saturated carbocycles. The second-order valence-corrected chi connectivity index (χ2v) is 1.87. The average Bonchev–Trinajstić information content (AvgIpc) is 1.56. The topological polar surface area (TPSA) is 20.2 Å². The van der Waals surface area contributed by atoms with Crippen LogP contribution in [0.25, 0.3) is 0 Å². The molecule has 0 bridgehead atoms. The van der Waals surface area contributed by atoms with E-state index in [0.717, 1.165) is 0 Å². The second kappa shape index (κ2) is 2.88. The number of hydrogen-bond donors (Lipinski definition) is 1. The Kier molecular flexibility index (Phi) is 2.76. The van der Waals surface area contributed by atoms with Gasteiger partial charge < -0.3 is 5.11 Å². The van der Waals surface area contributed by atoms with Gasteiger partial charge in [-0.15, -0.1) is 0 Å². The minimum absolute atomic E-state index is 2.35. The summed E-state index contributed by atoms with van der Waals surface area (Å²) in [6, 6.07) is 0. The standard InChI is InChI=1S/C4H4F6O/c5-2(4(9,10)11)1-3(6,7)8/h2,11H,1H2. The summed E-state index contributed by atoms with van der Waals surface area (Å²) in [6.07, 6.45) is -15.9. The monoisotopic (exact) mass is 182 g/mol. The molecule has 0 aromatic carbocycles. The Morgan fingerprint density at radius 2 is 1.45 bits per heavy atom. The largest absolute Gasteiger partial charge is 0.392 e. The van der Waals surface area contributed by atoms with Gasteiger partial charge >= 0.3 is 12.3 Å². The van der Waals surface area contributed by atoms with Crippen LogP contribution < -0.4 is 0 Å². The molecule has 1 unspecified atom stereocenters. The third-order valence-electron chi connectivity index (χ3n) is 0.788. The van der Waals surface area contributed by atoms with E-state index in [1.54, 1.807) is 0 Å². The summed E-state index contributed by atoms with van der Waals surface area (Å²) < 4.78 is 67.8. The summed E-state index contributed by atoms with van der Waals surface area (Å²) >= 11 is 0. The normalized spacial score (nSPS) is 16.6. The van der Waals surface area contributed by atoms with Crippen molar-refractivity contribution < 1.29 is 31.4 Å². The van der Waals surface area contributed by atoms with E-state index in [2.05, 4.69) is 0 Å². The first-order valence-electron chi connectivity index (χ1n) is 2.44. The number of halogens is 6. The molecule has 0 aromatic rings. The predicted molar refractivity (Wildman–Crippen MR) is 22.7 cm³/mol. The Bertz CT molecular complexity index is 124. The summed E-state index contributed by atoms with van der Waals surface area (Å²) in [5, 5.41) is 7.44. The Hall–Kier alpha value is -0.460. The van der Waals surface area contributed by atoms with Crippen molar-refractivity contribution in [3.63, 3.8) is 0 Å². The van der Waals surface area contributed by atoms with Crippen LogP contribution in [0.3, 0.4) is 0 Å². The minimum atomic E-state index is -5.04. The third kappa shape index (κ3) is 4.88. The quantitative estimate of drug-likeness (QED) is 0.646. The van der Waals surface area contributed by atoms with Crippen LogP contribution in [0.2, 0.25) is 0 Å². The molecule has 11 heavy (non-hydrogen) atoms. The van der Waals surface area contributed by atoms with E-state index in [-0.39, 0.29) is 0 Å². The van der Waals surface area contributed by atoms with Crippen LogP contribution in [0.4, 0.5) is 26.3 Å². The molecule has 0 rings (SSSR count). The zero-order valence-electron chi connectivity index (χ0n) is 5.00. The molecule has 0 amide bonds. The number of aliphatic hydroxyl groups is 1. The van der Waals surface area contributed by atoms with E-state index in [1.165, 1.54) is 0 Å². The lowest BCUT2D eigenvalue weighted by Crippen LogP contribution is -2.33. The number of rotatable bonds is 2. The highest BCUT2D eigenvalue weighted by atomic mass is 19.4. The van der Waals surface area contributed by atoms with Gasteiger partial charge in [0.2, 0.25) is 0 Å². The summed E-state index contributed by atoms with van der Waals surface area (Å²) in [5.41, 5.74) is 0. The van der Waals surface area contributed by atoms with Crippen molar-refractivity contribution in [3.8, 4) is 0 Å². The first-order chi connectivity index (χ1) is 4.63. The fourth-order valence-corrected chi connectivity index (χ4v) is 0.326. The molecular weight excluding hydrogens is 178 g/mol. The maximum atomic E-state index is 11.7. The highest BCUT2D eigenvalue weighted by Crippen LogP contribution is 2.29. The summed E-state index contributed by atoms with van der Waals surface area (Å²) in [7, 11) is 0. The summed E-state index contributed by atoms with van der Waals surface area (Å²) in [6.45, 7) is 0. The second-order valence-electron chi connectivity index (χ2n) is 1.87. The molecule has 0 fully saturated rings. The van der Waals surface area contributed by atoms with Crippen LogP contribution in [0, 0.1) is 0 Å². The molecule has 1 N–H and O–H groups in total. The lowest BCUT2D eigenvalue weighted by atomic mass is 10.2. The molecule has 0 aliphatic rings. The van der Waals surface area contributed by atoms with Crippen molar-refractivity contribution in [2.24, 2.45) is 0 Å². The van der Waals surface area contributed by atoms with Gasteiger partial charge in [0, 0.05) is 0 Å². The van der Waals surface area contributed by atoms with Crippen LogP contribution >= 0.6 is 0 Å². The number of alkyl halides is 6. The van der Waals surface area contributed by atoms with E-state index >= 15 is 0 Å². The van der Waals surface area contributed by atoms with Crippen molar-refractivity contribution in [1.82, 2.24) is 0 Å². The van der Waals surface area contributed by atoms with Crippen LogP contribution in [-0.2, 0) is 0 Å². The first-order valence-corrected chi connectivity index (χ1v) is 2.44. The van der Waals surface area contributed by atoms with Crippen LogP contribution in [-0.4, -0.2) is 23.6 Å². The molecule has 1 atom stereocenters. The maximum absolute atomic E-state index is 11.7. The van der Waals surface area contributed by atoms with Gasteiger partial charge in [0.1, 0.15) is 0 Å². The Labute approximate surface area is 57.6 Å². The van der Waals surface area contributed by atoms with Crippen molar-refractivity contribution in [3.05, 3.63) is 0 Å². The van der Waals surface area contributed by atoms with E-state index in [1.807, 2.05) is 0 Å². The molecule has 0 radical (unpaired) electrons. The average molecular weight is 182 g/mol. The van der Waals surface area contributed by atoms with Gasteiger partial charge in [0.25, 0.3) is 0 Å². The van der Waals surface area contributed by atoms with E-state index < -0.39 is 24.9 Å². The Balaban J connectivity index is 3.99. The van der Waals surface area contributed by atoms with Crippen molar-refractivity contribution in [2.75, 3.05) is 0 Å². The van der Waals surface area contributed by atoms with Gasteiger partial charge in [0.05, 0.1) is 6.42 Å². The van der Waals surface area contributed by atoms with Gasteiger partial charge in [0.15, 0.2) is 6.17 Å². The lowest BCUT2D eigenvalue weighted by Gasteiger charge is -2.15. The van der Waals surface area contributed by atoms with Crippen molar-refractivity contribution in [1.29, 1.82) is 0 Å². The number of hydrogen-bond acceptors (Lipinski definition) is 1.